The molecule has 0 bridgehead atoms. The largest absolute Gasteiger partial charge is 0.494 e. The molecule has 2 aromatic carbocycles. The topological polar surface area (TPSA) is 59.1 Å². The number of halogens is 1. The maximum Gasteiger partial charge on any atom is 0.283 e. The number of morpholine rings is 1. The fraction of sp³-hybridized carbons (Fsp3) is 0.273. The van der Waals surface area contributed by atoms with Gasteiger partial charge in [-0.1, -0.05) is 23.4 Å². The molecular formula is C22H21ClN2O4S. The Kier molecular flexibility index (Phi) is 6.32. The lowest BCUT2D eigenvalue weighted by Crippen LogP contribution is -2.40. The zero-order chi connectivity index (χ0) is 21.1. The van der Waals surface area contributed by atoms with Crippen molar-refractivity contribution < 1.29 is 19.1 Å². The molecule has 6 nitrogen and oxygen atoms in total. The summed E-state index contributed by atoms with van der Waals surface area (Å²) >= 11 is 7.27. The van der Waals surface area contributed by atoms with Gasteiger partial charge in [0, 0.05) is 23.0 Å². The van der Waals surface area contributed by atoms with Crippen molar-refractivity contribution in [3.63, 3.8) is 0 Å². The fourth-order valence-electron chi connectivity index (χ4n) is 3.37. The lowest BCUT2D eigenvalue weighted by atomic mass is 10.2. The maximum absolute atomic E-state index is 13.4. The summed E-state index contributed by atoms with van der Waals surface area (Å²) < 4.78 is 10.9. The van der Waals surface area contributed by atoms with E-state index in [1.165, 1.54) is 16.7 Å². The van der Waals surface area contributed by atoms with Gasteiger partial charge < -0.3 is 14.4 Å². The van der Waals surface area contributed by atoms with Crippen LogP contribution in [-0.4, -0.2) is 49.6 Å². The van der Waals surface area contributed by atoms with Crippen LogP contribution in [0.4, 0.5) is 5.69 Å². The van der Waals surface area contributed by atoms with Crippen molar-refractivity contribution >= 4 is 40.9 Å². The number of benzene rings is 2. The Bertz CT molecular complexity index is 970. The van der Waals surface area contributed by atoms with Crippen LogP contribution < -0.4 is 9.64 Å². The van der Waals surface area contributed by atoms with E-state index in [1.807, 2.05) is 24.0 Å². The van der Waals surface area contributed by atoms with Gasteiger partial charge in [-0.15, -0.1) is 0 Å². The van der Waals surface area contributed by atoms with E-state index in [0.717, 1.165) is 4.90 Å². The van der Waals surface area contributed by atoms with Crippen LogP contribution in [0.15, 0.2) is 64.0 Å². The molecule has 0 unspecified atom stereocenters. The first kappa shape index (κ1) is 20.8. The lowest BCUT2D eigenvalue weighted by molar-refractivity contribution is -0.121. The second-order valence-corrected chi connectivity index (χ2v) is 8.23. The van der Waals surface area contributed by atoms with Gasteiger partial charge in [-0.3, -0.25) is 9.59 Å². The van der Waals surface area contributed by atoms with Gasteiger partial charge in [0.1, 0.15) is 16.4 Å². The Labute approximate surface area is 184 Å². The first-order valence-corrected chi connectivity index (χ1v) is 10.9. The summed E-state index contributed by atoms with van der Waals surface area (Å²) in [4.78, 5) is 31.2. The van der Waals surface area contributed by atoms with Gasteiger partial charge in [0.05, 0.1) is 25.5 Å². The normalized spacial score (nSPS) is 17.1. The van der Waals surface area contributed by atoms with E-state index in [2.05, 4.69) is 0 Å². The van der Waals surface area contributed by atoms with Crippen LogP contribution in [0.2, 0.25) is 5.02 Å². The van der Waals surface area contributed by atoms with Crippen LogP contribution in [0, 0.1) is 0 Å². The average Bonchev–Trinajstić information content (AvgIpc) is 3.01. The van der Waals surface area contributed by atoms with E-state index >= 15 is 0 Å². The molecule has 1 saturated heterocycles. The molecule has 0 N–H and O–H groups in total. The molecule has 30 heavy (non-hydrogen) atoms. The van der Waals surface area contributed by atoms with E-state index < -0.39 is 0 Å². The minimum absolute atomic E-state index is 0.317. The van der Waals surface area contributed by atoms with E-state index in [4.69, 9.17) is 21.1 Å². The highest BCUT2D eigenvalue weighted by molar-refractivity contribution is 8.04. The summed E-state index contributed by atoms with van der Waals surface area (Å²) in [6.45, 7) is 4.62. The second kappa shape index (κ2) is 9.12. The molecule has 0 spiro atoms. The molecule has 0 aromatic heterocycles. The SMILES string of the molecule is CCOc1ccc(N2C(=O)C(Sc3ccc(Cl)cc3)=C(N3CCOCC3)C2=O)cc1. The van der Waals surface area contributed by atoms with Crippen LogP contribution in [0.25, 0.3) is 0 Å². The number of hydrogen-bond acceptors (Lipinski definition) is 6. The van der Waals surface area contributed by atoms with Crippen LogP contribution in [0.5, 0.6) is 5.75 Å². The van der Waals surface area contributed by atoms with E-state index in [-0.39, 0.29) is 11.8 Å². The number of carbonyl (C=O) groups is 2. The van der Waals surface area contributed by atoms with Crippen molar-refractivity contribution in [3.05, 3.63) is 64.2 Å². The molecule has 0 radical (unpaired) electrons. The van der Waals surface area contributed by atoms with Crippen molar-refractivity contribution in [2.24, 2.45) is 0 Å². The van der Waals surface area contributed by atoms with Crippen LogP contribution in [-0.2, 0) is 14.3 Å². The van der Waals surface area contributed by atoms with Gasteiger partial charge >= 0.3 is 0 Å². The fourth-order valence-corrected chi connectivity index (χ4v) is 4.49. The molecule has 2 aliphatic heterocycles. The second-order valence-electron chi connectivity index (χ2n) is 6.71. The number of amides is 2. The average molecular weight is 445 g/mol. The molecule has 2 aromatic rings. The van der Waals surface area contributed by atoms with E-state index in [0.29, 0.717) is 60.0 Å². The van der Waals surface area contributed by atoms with Crippen molar-refractivity contribution in [3.8, 4) is 5.75 Å². The smallest absolute Gasteiger partial charge is 0.283 e. The number of thioether (sulfide) groups is 1. The minimum Gasteiger partial charge on any atom is -0.494 e. The zero-order valence-electron chi connectivity index (χ0n) is 16.5. The third-order valence-electron chi connectivity index (χ3n) is 4.78. The molecule has 8 heteroatoms. The van der Waals surface area contributed by atoms with Gasteiger partial charge in [0.2, 0.25) is 0 Å². The summed E-state index contributed by atoms with van der Waals surface area (Å²) in [7, 11) is 0. The molecule has 0 saturated carbocycles. The number of ether oxygens (including phenoxy) is 2. The van der Waals surface area contributed by atoms with Crippen LogP contribution in [0.3, 0.4) is 0 Å². The Hall–Kier alpha value is -2.48. The summed E-state index contributed by atoms with van der Waals surface area (Å²) in [5.74, 6) is 0.0468. The lowest BCUT2D eigenvalue weighted by Gasteiger charge is -2.29. The van der Waals surface area contributed by atoms with Crippen molar-refractivity contribution in [2.45, 2.75) is 11.8 Å². The third kappa shape index (κ3) is 4.19. The Morgan fingerprint density at radius 3 is 2.30 bits per heavy atom. The Balaban J connectivity index is 1.68. The predicted octanol–water partition coefficient (Wildman–Crippen LogP) is 3.95. The maximum atomic E-state index is 13.4. The summed E-state index contributed by atoms with van der Waals surface area (Å²) in [6, 6.07) is 14.2. The molecular weight excluding hydrogens is 424 g/mol. The number of imide groups is 1. The number of rotatable bonds is 6. The number of carbonyl (C=O) groups excluding carboxylic acids is 2. The van der Waals surface area contributed by atoms with Gasteiger partial charge in [-0.25, -0.2) is 4.90 Å². The minimum atomic E-state index is -0.328. The van der Waals surface area contributed by atoms with Crippen molar-refractivity contribution in [1.82, 2.24) is 4.90 Å². The monoisotopic (exact) mass is 444 g/mol. The number of nitrogens with zero attached hydrogens (tertiary/aromatic N) is 2. The standard InChI is InChI=1S/C22H21ClN2O4S/c1-2-29-17-7-5-16(6-8-17)25-21(26)19(24-11-13-28-14-12-24)20(22(25)27)30-18-9-3-15(23)4-10-18/h3-10H,2,11-14H2,1H3. The quantitative estimate of drug-likeness (QED) is 0.629. The van der Waals surface area contributed by atoms with Crippen molar-refractivity contribution in [2.75, 3.05) is 37.8 Å². The number of anilines is 1. The first-order chi connectivity index (χ1) is 14.6. The molecule has 2 heterocycles. The molecule has 0 aliphatic carbocycles. The van der Waals surface area contributed by atoms with Crippen LogP contribution >= 0.6 is 23.4 Å². The number of hydrogen-bond donors (Lipinski definition) is 0. The van der Waals surface area contributed by atoms with Gasteiger partial charge in [0.25, 0.3) is 11.8 Å². The molecule has 0 atom stereocenters. The molecule has 2 aliphatic rings. The van der Waals surface area contributed by atoms with E-state index in [9.17, 15) is 9.59 Å². The van der Waals surface area contributed by atoms with Gasteiger partial charge in [-0.2, -0.15) is 0 Å². The summed E-state index contributed by atoms with van der Waals surface area (Å²) in [6.07, 6.45) is 0. The molecule has 156 valence electrons. The highest BCUT2D eigenvalue weighted by Crippen LogP contribution is 2.39. The summed E-state index contributed by atoms with van der Waals surface area (Å²) in [5.41, 5.74) is 0.947. The molecule has 4 rings (SSSR count). The summed E-state index contributed by atoms with van der Waals surface area (Å²) in [5, 5.41) is 0.617. The van der Waals surface area contributed by atoms with E-state index in [1.54, 1.807) is 36.4 Å². The Morgan fingerprint density at radius 1 is 1.00 bits per heavy atom. The molecule has 1 fully saturated rings. The highest BCUT2D eigenvalue weighted by Gasteiger charge is 2.42. The first-order valence-electron chi connectivity index (χ1n) is 9.70. The Morgan fingerprint density at radius 2 is 1.67 bits per heavy atom. The third-order valence-corrected chi connectivity index (χ3v) is 6.12. The zero-order valence-corrected chi connectivity index (χ0v) is 18.0. The van der Waals surface area contributed by atoms with Gasteiger partial charge in [0.15, 0.2) is 0 Å². The predicted molar refractivity (Wildman–Crippen MR) is 117 cm³/mol. The highest BCUT2D eigenvalue weighted by atomic mass is 35.5. The molecule has 2 amide bonds. The van der Waals surface area contributed by atoms with Crippen LogP contribution in [0.1, 0.15) is 6.92 Å². The van der Waals surface area contributed by atoms with Crippen molar-refractivity contribution in [1.29, 1.82) is 0 Å². The van der Waals surface area contributed by atoms with Gasteiger partial charge in [-0.05, 0) is 55.5 Å².